The summed E-state index contributed by atoms with van der Waals surface area (Å²) in [5.41, 5.74) is 1.35. The number of aromatic nitrogens is 1. The van der Waals surface area contributed by atoms with E-state index in [9.17, 15) is 4.79 Å². The molecular weight excluding hydrogens is 170 g/mol. The van der Waals surface area contributed by atoms with Crippen LogP contribution in [0.5, 0.6) is 5.75 Å². The van der Waals surface area contributed by atoms with Crippen LogP contribution in [0.4, 0.5) is 0 Å². The van der Waals surface area contributed by atoms with Crippen molar-refractivity contribution in [3.8, 4) is 5.75 Å². The van der Waals surface area contributed by atoms with E-state index in [-0.39, 0.29) is 18.3 Å². The number of aromatic hydroxyl groups is 1. The highest BCUT2D eigenvalue weighted by molar-refractivity contribution is 5.65. The van der Waals surface area contributed by atoms with Crippen molar-refractivity contribution in [2.24, 2.45) is 0 Å². The lowest BCUT2D eigenvalue weighted by Crippen LogP contribution is -2.00. The third-order valence-corrected chi connectivity index (χ3v) is 1.56. The van der Waals surface area contributed by atoms with E-state index in [0.29, 0.717) is 5.69 Å². The number of nitrogens with zero attached hydrogens (tertiary/aromatic N) is 1. The molecule has 0 spiro atoms. The fourth-order valence-corrected chi connectivity index (χ4v) is 0.862. The summed E-state index contributed by atoms with van der Waals surface area (Å²) in [6, 6.07) is 1.68. The molecule has 0 saturated heterocycles. The van der Waals surface area contributed by atoms with Crippen molar-refractivity contribution in [1.29, 1.82) is 0 Å². The number of esters is 1. The van der Waals surface area contributed by atoms with Gasteiger partial charge in [-0.15, -0.1) is 0 Å². The molecule has 1 aromatic heterocycles. The van der Waals surface area contributed by atoms with Crippen molar-refractivity contribution in [1.82, 2.24) is 4.98 Å². The third kappa shape index (κ3) is 2.74. The van der Waals surface area contributed by atoms with E-state index in [0.717, 1.165) is 5.56 Å². The number of hydrogen-bond acceptors (Lipinski definition) is 4. The van der Waals surface area contributed by atoms with Gasteiger partial charge in [0, 0.05) is 6.92 Å². The molecule has 0 radical (unpaired) electrons. The Balaban J connectivity index is 2.68. The second-order valence-electron chi connectivity index (χ2n) is 2.74. The first kappa shape index (κ1) is 9.51. The van der Waals surface area contributed by atoms with Crippen LogP contribution in [-0.2, 0) is 16.1 Å². The van der Waals surface area contributed by atoms with Crippen LogP contribution in [0.25, 0.3) is 0 Å². The maximum absolute atomic E-state index is 10.5. The first-order valence-electron chi connectivity index (χ1n) is 3.87. The third-order valence-electron chi connectivity index (χ3n) is 1.56. The van der Waals surface area contributed by atoms with E-state index in [2.05, 4.69) is 4.98 Å². The highest BCUT2D eigenvalue weighted by atomic mass is 16.5. The Morgan fingerprint density at radius 3 is 2.92 bits per heavy atom. The summed E-state index contributed by atoms with van der Waals surface area (Å²) in [4.78, 5) is 14.4. The summed E-state index contributed by atoms with van der Waals surface area (Å²) in [7, 11) is 0. The van der Waals surface area contributed by atoms with Gasteiger partial charge in [0.15, 0.2) is 0 Å². The Bertz CT molecular complexity index is 323. The van der Waals surface area contributed by atoms with E-state index in [4.69, 9.17) is 9.84 Å². The maximum Gasteiger partial charge on any atom is 0.303 e. The Kier molecular flexibility index (Phi) is 2.84. The second-order valence-corrected chi connectivity index (χ2v) is 2.74. The van der Waals surface area contributed by atoms with Crippen molar-refractivity contribution in [3.05, 3.63) is 23.5 Å². The molecule has 0 atom stereocenters. The molecule has 0 unspecified atom stereocenters. The maximum atomic E-state index is 10.5. The summed E-state index contributed by atoms with van der Waals surface area (Å²) in [6.45, 7) is 3.25. The van der Waals surface area contributed by atoms with Crippen molar-refractivity contribution >= 4 is 5.97 Å². The molecule has 13 heavy (non-hydrogen) atoms. The largest absolute Gasteiger partial charge is 0.506 e. The summed E-state index contributed by atoms with van der Waals surface area (Å²) >= 11 is 0. The molecule has 1 heterocycles. The van der Waals surface area contributed by atoms with Gasteiger partial charge in [-0.3, -0.25) is 9.78 Å². The van der Waals surface area contributed by atoms with Crippen LogP contribution in [0.1, 0.15) is 18.2 Å². The summed E-state index contributed by atoms with van der Waals surface area (Å²) in [5, 5.41) is 9.15. The molecule has 0 bridgehead atoms. The molecule has 0 aliphatic carbocycles. The molecule has 1 aromatic rings. The number of aryl methyl sites for hydroxylation is 1. The summed E-state index contributed by atoms with van der Waals surface area (Å²) < 4.78 is 4.74. The predicted octanol–water partition coefficient (Wildman–Crippen LogP) is 1.16. The van der Waals surface area contributed by atoms with Gasteiger partial charge >= 0.3 is 5.97 Å². The molecule has 0 aromatic carbocycles. The highest BCUT2D eigenvalue weighted by Crippen LogP contribution is 2.14. The Morgan fingerprint density at radius 2 is 2.38 bits per heavy atom. The zero-order chi connectivity index (χ0) is 9.84. The Hall–Kier alpha value is -1.58. The van der Waals surface area contributed by atoms with Gasteiger partial charge in [0.1, 0.15) is 12.4 Å². The Labute approximate surface area is 76.2 Å². The van der Waals surface area contributed by atoms with E-state index in [1.807, 2.05) is 0 Å². The summed E-state index contributed by atoms with van der Waals surface area (Å²) in [6.07, 6.45) is 1.34. The van der Waals surface area contributed by atoms with Crippen LogP contribution >= 0.6 is 0 Å². The fraction of sp³-hybridized carbons (Fsp3) is 0.333. The predicted molar refractivity (Wildman–Crippen MR) is 46.1 cm³/mol. The minimum absolute atomic E-state index is 0.145. The van der Waals surface area contributed by atoms with E-state index >= 15 is 0 Å². The van der Waals surface area contributed by atoms with Gasteiger partial charge in [-0.05, 0) is 18.6 Å². The zero-order valence-corrected chi connectivity index (χ0v) is 7.57. The van der Waals surface area contributed by atoms with Crippen molar-refractivity contribution in [2.45, 2.75) is 20.5 Å². The Morgan fingerprint density at radius 1 is 1.69 bits per heavy atom. The molecule has 4 nitrogen and oxygen atoms in total. The fourth-order valence-electron chi connectivity index (χ4n) is 0.862. The molecular formula is C9H11NO3. The second kappa shape index (κ2) is 3.89. The minimum atomic E-state index is -0.340. The molecule has 1 N–H and O–H groups in total. The highest BCUT2D eigenvalue weighted by Gasteiger charge is 2.01. The van der Waals surface area contributed by atoms with Crippen LogP contribution in [0.3, 0.4) is 0 Å². The lowest BCUT2D eigenvalue weighted by Gasteiger charge is -2.03. The van der Waals surface area contributed by atoms with Crippen molar-refractivity contribution < 1.29 is 14.6 Å². The number of ether oxygens (including phenoxy) is 1. The molecule has 0 aliphatic rings. The molecule has 70 valence electrons. The average molecular weight is 181 g/mol. The zero-order valence-electron chi connectivity index (χ0n) is 7.57. The van der Waals surface area contributed by atoms with Crippen LogP contribution in [0.15, 0.2) is 12.3 Å². The van der Waals surface area contributed by atoms with Gasteiger partial charge < -0.3 is 9.84 Å². The van der Waals surface area contributed by atoms with E-state index < -0.39 is 0 Å². The number of pyridine rings is 1. The van der Waals surface area contributed by atoms with Crippen LogP contribution < -0.4 is 0 Å². The van der Waals surface area contributed by atoms with Gasteiger partial charge in [0.2, 0.25) is 0 Å². The SMILES string of the molecule is CC(=O)OCc1cc(C)c(O)cn1. The minimum Gasteiger partial charge on any atom is -0.506 e. The number of rotatable bonds is 2. The topological polar surface area (TPSA) is 59.4 Å². The number of hydrogen-bond donors (Lipinski definition) is 1. The van der Waals surface area contributed by atoms with E-state index in [1.165, 1.54) is 13.1 Å². The van der Waals surface area contributed by atoms with Crippen LogP contribution in [0, 0.1) is 6.92 Å². The first-order chi connectivity index (χ1) is 6.09. The van der Waals surface area contributed by atoms with Crippen molar-refractivity contribution in [3.63, 3.8) is 0 Å². The van der Waals surface area contributed by atoms with Crippen LogP contribution in [-0.4, -0.2) is 16.1 Å². The average Bonchev–Trinajstić information content (AvgIpc) is 2.07. The molecule has 1 rings (SSSR count). The van der Waals surface area contributed by atoms with E-state index in [1.54, 1.807) is 13.0 Å². The smallest absolute Gasteiger partial charge is 0.303 e. The normalized spacial score (nSPS) is 9.69. The monoisotopic (exact) mass is 181 g/mol. The summed E-state index contributed by atoms with van der Waals surface area (Å²) in [5.74, 6) is -0.195. The molecule has 0 amide bonds. The first-order valence-corrected chi connectivity index (χ1v) is 3.87. The quantitative estimate of drug-likeness (QED) is 0.695. The molecule has 4 heteroatoms. The number of carbonyl (C=O) groups is 1. The molecule has 0 fully saturated rings. The standard InChI is InChI=1S/C9H11NO3/c1-6-3-8(5-13-7(2)11)10-4-9(6)12/h3-4,12H,5H2,1-2H3. The van der Waals surface area contributed by atoms with Gasteiger partial charge in [-0.1, -0.05) is 0 Å². The van der Waals surface area contributed by atoms with Gasteiger partial charge in [-0.25, -0.2) is 0 Å². The van der Waals surface area contributed by atoms with Crippen molar-refractivity contribution in [2.75, 3.05) is 0 Å². The van der Waals surface area contributed by atoms with Crippen LogP contribution in [0.2, 0.25) is 0 Å². The lowest BCUT2D eigenvalue weighted by molar-refractivity contribution is -0.142. The number of carbonyl (C=O) groups excluding carboxylic acids is 1. The van der Waals surface area contributed by atoms with Gasteiger partial charge in [0.05, 0.1) is 11.9 Å². The van der Waals surface area contributed by atoms with Gasteiger partial charge in [0.25, 0.3) is 0 Å². The lowest BCUT2D eigenvalue weighted by atomic mass is 10.2. The molecule has 0 saturated carbocycles. The molecule has 0 aliphatic heterocycles. The van der Waals surface area contributed by atoms with Gasteiger partial charge in [-0.2, -0.15) is 0 Å².